The highest BCUT2D eigenvalue weighted by molar-refractivity contribution is 5.97. The van der Waals surface area contributed by atoms with Gasteiger partial charge in [0, 0.05) is 49.2 Å². The molecule has 0 N–H and O–H groups in total. The molecule has 0 aromatic rings. The van der Waals surface area contributed by atoms with Crippen LogP contribution in [-0.2, 0) is 4.74 Å². The Morgan fingerprint density at radius 2 is 1.37 bits per heavy atom. The molecule has 0 bridgehead atoms. The zero-order chi connectivity index (χ0) is 36.0. The van der Waals surface area contributed by atoms with Crippen LogP contribution in [0.1, 0.15) is 169 Å². The molecule has 2 heterocycles. The molecule has 0 aromatic heterocycles. The van der Waals surface area contributed by atoms with E-state index < -0.39 is 0 Å². The van der Waals surface area contributed by atoms with Crippen molar-refractivity contribution in [1.29, 1.82) is 0 Å². The quantitative estimate of drug-likeness (QED) is 0.184. The monoisotopic (exact) mass is 710 g/mol. The van der Waals surface area contributed by atoms with Gasteiger partial charge in [0.25, 0.3) is 0 Å². The van der Waals surface area contributed by atoms with Gasteiger partial charge in [-0.25, -0.2) is 4.58 Å². The molecule has 1 saturated heterocycles. The number of likely N-dealkylation sites (tertiary alicyclic amines) is 1. The maximum absolute atomic E-state index is 6.52. The molecule has 0 aromatic carbocycles. The Bertz CT molecular complexity index is 1450. The van der Waals surface area contributed by atoms with Crippen molar-refractivity contribution in [2.45, 2.75) is 187 Å². The topological polar surface area (TPSA) is 15.5 Å². The zero-order valence-corrected chi connectivity index (χ0v) is 34.6. The molecule has 5 saturated carbocycles. The van der Waals surface area contributed by atoms with Crippen LogP contribution in [0.3, 0.4) is 0 Å². The molecule has 8 rings (SSSR count). The van der Waals surface area contributed by atoms with Crippen LogP contribution in [-0.4, -0.2) is 54.1 Å². The maximum Gasteiger partial charge on any atom is 0.182 e. The van der Waals surface area contributed by atoms with Gasteiger partial charge in [-0.2, -0.15) is 0 Å². The van der Waals surface area contributed by atoms with Crippen LogP contribution in [0.5, 0.6) is 0 Å². The molecule has 6 aliphatic carbocycles. The minimum Gasteiger partial charge on any atom is -0.378 e. The molecule has 3 heteroatoms. The average Bonchev–Trinajstić information content (AvgIpc) is 3.48. The lowest BCUT2D eigenvalue weighted by Crippen LogP contribution is -2.45. The van der Waals surface area contributed by atoms with Crippen LogP contribution in [0.25, 0.3) is 0 Å². The molecule has 8 unspecified atom stereocenters. The second-order valence-corrected chi connectivity index (χ2v) is 20.5. The minimum absolute atomic E-state index is 0.246. The van der Waals surface area contributed by atoms with E-state index in [1.165, 1.54) is 128 Å². The summed E-state index contributed by atoms with van der Waals surface area (Å²) in [5, 5.41) is 0. The summed E-state index contributed by atoms with van der Waals surface area (Å²) >= 11 is 0. The predicted octanol–water partition coefficient (Wildman–Crippen LogP) is 12.2. The van der Waals surface area contributed by atoms with Crippen LogP contribution < -0.4 is 0 Å². The van der Waals surface area contributed by atoms with Gasteiger partial charge in [0.2, 0.25) is 0 Å². The fraction of sp³-hybridized carbons (Fsp3) is 0.816. The number of hydrogen-bond donors (Lipinski definition) is 0. The molecule has 288 valence electrons. The van der Waals surface area contributed by atoms with Crippen LogP contribution in [0.15, 0.2) is 46.7 Å². The third-order valence-corrected chi connectivity index (χ3v) is 17.1. The van der Waals surface area contributed by atoms with E-state index >= 15 is 0 Å². The summed E-state index contributed by atoms with van der Waals surface area (Å²) in [5.74, 6) is 5.45. The first-order valence-electron chi connectivity index (χ1n) is 22.9. The van der Waals surface area contributed by atoms with E-state index in [-0.39, 0.29) is 10.8 Å². The number of rotatable bonds is 8. The van der Waals surface area contributed by atoms with Crippen molar-refractivity contribution in [1.82, 2.24) is 4.90 Å². The van der Waals surface area contributed by atoms with Crippen LogP contribution in [0.2, 0.25) is 0 Å². The molecular weight excluding hydrogens is 633 g/mol. The minimum atomic E-state index is 0.246. The Kier molecular flexibility index (Phi) is 11.1. The van der Waals surface area contributed by atoms with Crippen molar-refractivity contribution >= 4 is 5.71 Å². The first kappa shape index (κ1) is 37.3. The number of ether oxygens (including phenoxy) is 1. The normalized spacial score (nSPS) is 39.3. The fourth-order valence-corrected chi connectivity index (χ4v) is 14.8. The highest BCUT2D eigenvalue weighted by atomic mass is 16.5. The van der Waals surface area contributed by atoms with Crippen molar-refractivity contribution in [3.8, 4) is 0 Å². The predicted molar refractivity (Wildman–Crippen MR) is 219 cm³/mol. The van der Waals surface area contributed by atoms with E-state index in [9.17, 15) is 0 Å². The summed E-state index contributed by atoms with van der Waals surface area (Å²) in [6.45, 7) is 11.3. The van der Waals surface area contributed by atoms with Gasteiger partial charge in [-0.1, -0.05) is 83.8 Å². The molecule has 8 aliphatic rings. The third kappa shape index (κ3) is 6.91. The van der Waals surface area contributed by atoms with E-state index in [1.54, 1.807) is 28.1 Å². The molecule has 0 amide bonds. The molecule has 8 atom stereocenters. The van der Waals surface area contributed by atoms with Gasteiger partial charge in [0.05, 0.1) is 11.5 Å². The molecule has 52 heavy (non-hydrogen) atoms. The number of nitrogens with zero attached hydrogens (tertiary/aromatic N) is 2. The lowest BCUT2D eigenvalue weighted by atomic mass is 9.57. The number of fused-ring (bicyclic) bond motifs is 6. The van der Waals surface area contributed by atoms with Crippen LogP contribution in [0.4, 0.5) is 0 Å². The lowest BCUT2D eigenvalue weighted by molar-refractivity contribution is -0.541. The van der Waals surface area contributed by atoms with Crippen LogP contribution >= 0.6 is 0 Å². The summed E-state index contributed by atoms with van der Waals surface area (Å²) in [6.07, 6.45) is 41.1. The smallest absolute Gasteiger partial charge is 0.182 e. The van der Waals surface area contributed by atoms with Crippen molar-refractivity contribution in [2.24, 2.45) is 46.3 Å². The lowest BCUT2D eigenvalue weighted by Gasteiger charge is -2.47. The summed E-state index contributed by atoms with van der Waals surface area (Å²) in [4.78, 5) is 2.75. The van der Waals surface area contributed by atoms with Crippen molar-refractivity contribution in [3.05, 3.63) is 46.7 Å². The van der Waals surface area contributed by atoms with Crippen molar-refractivity contribution in [3.63, 3.8) is 0 Å². The molecule has 2 aliphatic heterocycles. The van der Waals surface area contributed by atoms with E-state index in [2.05, 4.69) is 75.6 Å². The summed E-state index contributed by atoms with van der Waals surface area (Å²) in [5.41, 5.74) is 8.60. The Morgan fingerprint density at radius 1 is 0.692 bits per heavy atom. The van der Waals surface area contributed by atoms with E-state index in [0.29, 0.717) is 6.10 Å². The second kappa shape index (κ2) is 15.5. The van der Waals surface area contributed by atoms with Gasteiger partial charge in [0.1, 0.15) is 7.05 Å². The van der Waals surface area contributed by atoms with Gasteiger partial charge >= 0.3 is 0 Å². The van der Waals surface area contributed by atoms with E-state index in [4.69, 9.17) is 4.74 Å². The maximum atomic E-state index is 6.52. The summed E-state index contributed by atoms with van der Waals surface area (Å²) in [7, 11) is 4.89. The molecule has 0 spiro atoms. The largest absolute Gasteiger partial charge is 0.378 e. The second-order valence-electron chi connectivity index (χ2n) is 20.5. The Balaban J connectivity index is 1.08. The van der Waals surface area contributed by atoms with Gasteiger partial charge in [-0.15, -0.1) is 0 Å². The van der Waals surface area contributed by atoms with Crippen molar-refractivity contribution < 1.29 is 9.31 Å². The van der Waals surface area contributed by atoms with Crippen molar-refractivity contribution in [2.75, 3.05) is 20.7 Å². The number of hydrogen-bond acceptors (Lipinski definition) is 2. The van der Waals surface area contributed by atoms with E-state index in [0.717, 1.165) is 67.0 Å². The molecule has 0 radical (unpaired) electrons. The number of allylic oxidation sites excluding steroid dienone is 8. The van der Waals surface area contributed by atoms with Gasteiger partial charge in [0.15, 0.2) is 11.8 Å². The molecular formula is C49H77N2O+. The van der Waals surface area contributed by atoms with E-state index in [1.807, 2.05) is 0 Å². The Labute approximate surface area is 319 Å². The Morgan fingerprint density at radius 3 is 2.12 bits per heavy atom. The van der Waals surface area contributed by atoms with Gasteiger partial charge in [-0.05, 0) is 143 Å². The Hall–Kier alpha value is -1.61. The first-order valence-corrected chi connectivity index (χ1v) is 22.9. The van der Waals surface area contributed by atoms with Gasteiger partial charge in [-0.3, -0.25) is 0 Å². The third-order valence-electron chi connectivity index (χ3n) is 17.1. The molecule has 6 fully saturated rings. The summed E-state index contributed by atoms with van der Waals surface area (Å²) in [6, 6.07) is 1.46. The molecule has 3 nitrogen and oxygen atoms in total. The average molecular weight is 710 g/mol. The van der Waals surface area contributed by atoms with Gasteiger partial charge < -0.3 is 9.64 Å². The summed E-state index contributed by atoms with van der Waals surface area (Å²) < 4.78 is 9.27. The fourth-order valence-electron chi connectivity index (χ4n) is 14.8. The highest BCUT2D eigenvalue weighted by Gasteiger charge is 2.59. The van der Waals surface area contributed by atoms with Crippen LogP contribution in [0, 0.1) is 46.3 Å². The zero-order valence-electron chi connectivity index (χ0n) is 34.6. The highest BCUT2D eigenvalue weighted by Crippen LogP contribution is 2.59. The standard InChI is InChI=1S/C49H77N2O/c1-48(2)44(50(5)42-29-25-36-16-10-12-22-40(36)46(42)48)31-27-34-18-14-19-35(39(34)24-15-33-52-38-20-8-7-9-21-38)28-32-45-49(3,4)47-41-23-13-11-17-37(41)26-30-43(47)51(45)6/h27-28,31-32,36-38,40-43,46-47H,7-26,29-30,33H2,1-6H3/q+1. The SMILES string of the molecule is CN1/C(=C/C=C2\CCCC(/C=C/C3=[N+](C)C4CCC5CCCCC5C4C3(C)C)=C2CCCOC2CCCCC2)C(C)(C)C2C3CCCCC3CCC21. The first-order chi connectivity index (χ1) is 25.2.